The van der Waals surface area contributed by atoms with Crippen LogP contribution in [0.1, 0.15) is 0 Å². The van der Waals surface area contributed by atoms with Crippen LogP contribution in [0.25, 0.3) is 188 Å². The molecule has 0 fully saturated rings. The van der Waals surface area contributed by atoms with Gasteiger partial charge in [-0.05, 0) is 221 Å². The van der Waals surface area contributed by atoms with Gasteiger partial charge >= 0.3 is 0 Å². The van der Waals surface area contributed by atoms with E-state index in [1.165, 1.54) is 88.7 Å². The van der Waals surface area contributed by atoms with Crippen LogP contribution in [0.4, 0.5) is 51.2 Å². The second-order valence-electron chi connectivity index (χ2n) is 35.7. The van der Waals surface area contributed by atoms with E-state index in [1.807, 2.05) is 36.4 Å². The fourth-order valence-corrected chi connectivity index (χ4v) is 19.9. The number of rotatable bonds is 19. The van der Waals surface area contributed by atoms with E-state index in [-0.39, 0.29) is 0 Å². The number of fused-ring (bicyclic) bond motifs is 10. The summed E-state index contributed by atoms with van der Waals surface area (Å²) in [4.78, 5) is 6.98. The van der Waals surface area contributed by atoms with Gasteiger partial charge in [0.05, 0.1) is 5.69 Å². The normalized spacial score (nSPS) is 11.2. The fourth-order valence-electron chi connectivity index (χ4n) is 19.9. The molecule has 0 radical (unpaired) electrons. The van der Waals surface area contributed by atoms with Crippen LogP contribution in [0.2, 0.25) is 0 Å². The summed E-state index contributed by atoms with van der Waals surface area (Å²) in [6.07, 6.45) is 0. The number of benzene rings is 23. The highest BCUT2D eigenvalue weighted by Gasteiger charge is 2.23. The van der Waals surface area contributed by atoms with Crippen LogP contribution >= 0.6 is 0 Å². The van der Waals surface area contributed by atoms with Gasteiger partial charge in [-0.1, -0.05) is 443 Å². The van der Waals surface area contributed by atoms with Crippen LogP contribution < -0.4 is 14.7 Å². The molecule has 6 heteroatoms. The van der Waals surface area contributed by atoms with E-state index in [4.69, 9.17) is 13.3 Å². The number of para-hydroxylation sites is 7. The number of hydrogen-bond acceptors (Lipinski definition) is 6. The summed E-state index contributed by atoms with van der Waals surface area (Å²) in [6.45, 7) is 0. The molecule has 0 N–H and O–H groups in total. The summed E-state index contributed by atoms with van der Waals surface area (Å²) in [5.41, 5.74) is 38.9. The first-order valence-corrected chi connectivity index (χ1v) is 48.3. The predicted molar refractivity (Wildman–Crippen MR) is 597 cm³/mol. The zero-order chi connectivity index (χ0) is 94.4. The Bertz CT molecular complexity index is 8900. The van der Waals surface area contributed by atoms with E-state index in [1.54, 1.807) is 0 Å². The van der Waals surface area contributed by atoms with E-state index < -0.39 is 0 Å². The lowest BCUT2D eigenvalue weighted by molar-refractivity contribution is 0.669. The largest absolute Gasteiger partial charge is 0.455 e. The van der Waals surface area contributed by atoms with E-state index in [2.05, 4.69) is 542 Å². The summed E-state index contributed by atoms with van der Waals surface area (Å²) >= 11 is 0. The van der Waals surface area contributed by atoms with Gasteiger partial charge in [-0.15, -0.1) is 0 Å². The molecular formula is C136H93N3O3. The van der Waals surface area contributed by atoms with Crippen molar-refractivity contribution in [2.24, 2.45) is 0 Å². The molecule has 0 aliphatic rings. The first-order valence-electron chi connectivity index (χ1n) is 48.3. The van der Waals surface area contributed by atoms with Crippen LogP contribution in [-0.2, 0) is 0 Å². The average Bonchev–Trinajstić information content (AvgIpc) is 1.46. The van der Waals surface area contributed by atoms with Crippen LogP contribution in [0.15, 0.2) is 577 Å². The molecule has 0 amide bonds. The van der Waals surface area contributed by atoms with Crippen LogP contribution in [-0.4, -0.2) is 0 Å². The molecule has 3 aromatic heterocycles. The van der Waals surface area contributed by atoms with Gasteiger partial charge in [0.15, 0.2) is 0 Å². The van der Waals surface area contributed by atoms with Crippen molar-refractivity contribution in [3.8, 4) is 111 Å². The first-order chi connectivity index (χ1) is 70.4. The third kappa shape index (κ3) is 17.4. The lowest BCUT2D eigenvalue weighted by Crippen LogP contribution is -2.10. The summed E-state index contributed by atoms with van der Waals surface area (Å²) in [7, 11) is 0. The Morgan fingerprint density at radius 2 is 0.296 bits per heavy atom. The molecule has 0 bridgehead atoms. The molecule has 26 aromatic rings. The van der Waals surface area contributed by atoms with Crippen molar-refractivity contribution in [1.82, 2.24) is 0 Å². The molecule has 0 unspecified atom stereocenters. The SMILES string of the molecule is c1ccc(-c2ccc(-c3ccc(N(c4ccc(-c5cccc6c5oc5ccccc56)cc4)c4cccc5ccccc45)cc3)cc2)cc1.c1ccc(-c2ccc(-c3ccc(N(c4ccc(-c5ccccc5)cc4)c4ccc(-c5cccc6c5oc5ccccc56)cc4)cc3)cc2)cc1.c1ccc(-c2ccc(-c3ccc(N(c4ccccc4)c4ccc(-c5cccc6c5oc5ccccc56)cc4)cc3)cc2)cc1. The predicted octanol–water partition coefficient (Wildman–Crippen LogP) is 39.0. The average molecular weight is 1820 g/mol. The maximum atomic E-state index is 6.37. The minimum Gasteiger partial charge on any atom is -0.455 e. The van der Waals surface area contributed by atoms with Gasteiger partial charge in [-0.3, -0.25) is 0 Å². The summed E-state index contributed by atoms with van der Waals surface area (Å²) in [6, 6.07) is 200. The highest BCUT2D eigenvalue weighted by molar-refractivity contribution is 6.13. The third-order valence-electron chi connectivity index (χ3n) is 27.1. The maximum Gasteiger partial charge on any atom is 0.143 e. The quantitative estimate of drug-likeness (QED) is 0.0804. The topological polar surface area (TPSA) is 49.1 Å². The van der Waals surface area contributed by atoms with Crippen molar-refractivity contribution >= 4 is 128 Å². The Balaban J connectivity index is 0.000000115. The Morgan fingerprint density at radius 3 is 0.570 bits per heavy atom. The Labute approximate surface area is 825 Å². The van der Waals surface area contributed by atoms with Crippen LogP contribution in [0.3, 0.4) is 0 Å². The summed E-state index contributed by atoms with van der Waals surface area (Å²) in [5, 5.41) is 9.26. The lowest BCUT2D eigenvalue weighted by atomic mass is 9.99. The van der Waals surface area contributed by atoms with E-state index >= 15 is 0 Å². The molecule has 0 aliphatic heterocycles. The fraction of sp³-hybridized carbons (Fsp3) is 0. The van der Waals surface area contributed by atoms with Gasteiger partial charge in [0.25, 0.3) is 0 Å². The molecule has 0 atom stereocenters. The molecule has 26 rings (SSSR count). The molecule has 0 spiro atoms. The molecule has 0 saturated heterocycles. The van der Waals surface area contributed by atoms with Crippen molar-refractivity contribution in [2.45, 2.75) is 0 Å². The Kier molecular flexibility index (Phi) is 23.4. The van der Waals surface area contributed by atoms with Gasteiger partial charge in [0.1, 0.15) is 33.5 Å². The number of hydrogen-bond donors (Lipinski definition) is 0. The summed E-state index contributed by atoms with van der Waals surface area (Å²) < 4.78 is 19.1. The van der Waals surface area contributed by atoms with Crippen LogP contribution in [0, 0.1) is 0 Å². The summed E-state index contributed by atoms with van der Waals surface area (Å²) in [5.74, 6) is 0. The van der Waals surface area contributed by atoms with E-state index in [9.17, 15) is 0 Å². The number of furan rings is 3. The Morgan fingerprint density at radius 1 is 0.113 bits per heavy atom. The molecule has 670 valence electrons. The van der Waals surface area contributed by atoms with E-state index in [0.717, 1.165) is 150 Å². The standard InChI is InChI=1S/C48H33NO.C46H31NO.C42H29NO/c1-3-10-34(11-4-1)36-18-20-37(21-19-36)39-24-30-42(31-25-39)49(41-28-22-38(23-29-41)35-12-5-2-6-13-35)43-32-26-40(27-33-43)44-15-9-16-46-45-14-7-8-17-47(45)50-48(44)46;1-2-10-32(11-3-1)33-20-22-34(23-21-33)35-24-28-38(29-25-35)47(44-18-8-13-36-12-4-5-14-40(36)44)39-30-26-37(27-31-39)41-16-9-17-43-42-15-6-7-19-45(42)48-46(41)43;1-3-10-30(11-4-1)31-18-20-32(21-19-31)33-22-26-36(27-23-33)43(35-12-5-2-6-13-35)37-28-24-34(25-29-37)38-15-9-16-40-39-14-7-8-17-41(39)44-42(38)40/h1-33H;1-31H;1-29H. The highest BCUT2D eigenvalue weighted by atomic mass is 16.3. The second-order valence-corrected chi connectivity index (χ2v) is 35.7. The second kappa shape index (κ2) is 38.7. The van der Waals surface area contributed by atoms with Gasteiger partial charge in [-0.2, -0.15) is 0 Å². The minimum atomic E-state index is 0.910. The van der Waals surface area contributed by atoms with Gasteiger partial charge < -0.3 is 28.0 Å². The van der Waals surface area contributed by atoms with Gasteiger partial charge in [-0.25, -0.2) is 0 Å². The lowest BCUT2D eigenvalue weighted by Gasteiger charge is -2.27. The van der Waals surface area contributed by atoms with Crippen molar-refractivity contribution in [3.63, 3.8) is 0 Å². The molecule has 6 nitrogen and oxygen atoms in total. The van der Waals surface area contributed by atoms with Gasteiger partial charge in [0.2, 0.25) is 0 Å². The minimum absolute atomic E-state index is 0.910. The first kappa shape index (κ1) is 86.0. The number of nitrogens with zero attached hydrogens (tertiary/aromatic N) is 3. The van der Waals surface area contributed by atoms with Crippen molar-refractivity contribution in [2.75, 3.05) is 14.7 Å². The van der Waals surface area contributed by atoms with Crippen molar-refractivity contribution < 1.29 is 13.3 Å². The van der Waals surface area contributed by atoms with Crippen LogP contribution in [0.5, 0.6) is 0 Å². The number of anilines is 9. The monoisotopic (exact) mass is 1820 g/mol. The smallest absolute Gasteiger partial charge is 0.143 e. The molecule has 0 saturated carbocycles. The molecule has 142 heavy (non-hydrogen) atoms. The Hall–Kier alpha value is -18.9. The van der Waals surface area contributed by atoms with E-state index in [0.29, 0.717) is 0 Å². The molecule has 0 aliphatic carbocycles. The highest BCUT2D eigenvalue weighted by Crippen LogP contribution is 2.47. The van der Waals surface area contributed by atoms with Gasteiger partial charge in [0, 0.05) is 99.9 Å². The molecule has 3 heterocycles. The van der Waals surface area contributed by atoms with Crippen molar-refractivity contribution in [3.05, 3.63) is 564 Å². The zero-order valence-electron chi connectivity index (χ0n) is 77.8. The van der Waals surface area contributed by atoms with Crippen molar-refractivity contribution in [1.29, 1.82) is 0 Å². The molecular weight excluding hydrogens is 1720 g/mol. The maximum absolute atomic E-state index is 6.37. The third-order valence-corrected chi connectivity index (χ3v) is 27.1. The molecule has 23 aromatic carbocycles. The zero-order valence-corrected chi connectivity index (χ0v) is 77.8.